The van der Waals surface area contributed by atoms with Crippen LogP contribution in [0.15, 0.2) is 12.1 Å². The fourth-order valence-corrected chi connectivity index (χ4v) is 2.66. The fourth-order valence-electron chi connectivity index (χ4n) is 2.08. The first-order valence-corrected chi connectivity index (χ1v) is 7.94. The molecule has 2 rings (SSSR count). The van der Waals surface area contributed by atoms with Crippen molar-refractivity contribution in [2.75, 3.05) is 35.9 Å². The van der Waals surface area contributed by atoms with Gasteiger partial charge in [-0.2, -0.15) is 16.7 Å². The molecule has 1 aromatic rings. The highest BCUT2D eigenvalue weighted by molar-refractivity contribution is 7.98. The Bertz CT molecular complexity index is 491. The predicted molar refractivity (Wildman–Crippen MR) is 86.8 cm³/mol. The van der Waals surface area contributed by atoms with E-state index in [1.807, 2.05) is 23.9 Å². The Balaban J connectivity index is 2.45. The Morgan fingerprint density at radius 2 is 2.21 bits per heavy atom. The first-order valence-electron chi connectivity index (χ1n) is 6.13. The SMILES string of the molecule is COc1ccc2c(n1)N(CCSC)C(C)(C)C(=S)N2. The maximum atomic E-state index is 5.49. The molecule has 0 spiro atoms. The average Bonchev–Trinajstić information content (AvgIpc) is 2.39. The van der Waals surface area contributed by atoms with E-state index in [0.717, 1.165) is 28.8 Å². The zero-order chi connectivity index (χ0) is 14.0. The summed E-state index contributed by atoms with van der Waals surface area (Å²) in [5.74, 6) is 2.56. The molecule has 1 N–H and O–H groups in total. The second-order valence-electron chi connectivity index (χ2n) is 4.88. The topological polar surface area (TPSA) is 37.4 Å². The number of hydrogen-bond donors (Lipinski definition) is 1. The van der Waals surface area contributed by atoms with Gasteiger partial charge in [-0.3, -0.25) is 0 Å². The molecule has 1 aliphatic heterocycles. The van der Waals surface area contributed by atoms with E-state index in [4.69, 9.17) is 17.0 Å². The number of nitrogens with one attached hydrogen (secondary N) is 1. The molecule has 4 nitrogen and oxygen atoms in total. The van der Waals surface area contributed by atoms with Crippen LogP contribution in [0.4, 0.5) is 11.5 Å². The third-order valence-corrected chi connectivity index (χ3v) is 4.50. The molecule has 0 saturated carbocycles. The molecule has 19 heavy (non-hydrogen) atoms. The molecule has 0 atom stereocenters. The van der Waals surface area contributed by atoms with Crippen molar-refractivity contribution in [3.8, 4) is 5.88 Å². The maximum Gasteiger partial charge on any atom is 0.215 e. The molecule has 0 aromatic carbocycles. The van der Waals surface area contributed by atoms with Gasteiger partial charge in [0, 0.05) is 18.4 Å². The van der Waals surface area contributed by atoms with Crippen molar-refractivity contribution >= 4 is 40.5 Å². The van der Waals surface area contributed by atoms with E-state index in [0.29, 0.717) is 5.88 Å². The number of rotatable bonds is 4. The lowest BCUT2D eigenvalue weighted by atomic mass is 9.99. The van der Waals surface area contributed by atoms with Gasteiger partial charge in [-0.1, -0.05) is 12.2 Å². The molecule has 1 aromatic heterocycles. The van der Waals surface area contributed by atoms with Crippen LogP contribution in [-0.2, 0) is 0 Å². The minimum Gasteiger partial charge on any atom is -0.481 e. The van der Waals surface area contributed by atoms with Gasteiger partial charge in [-0.05, 0) is 26.2 Å². The molecule has 0 bridgehead atoms. The molecular weight excluding hydrogens is 278 g/mol. The van der Waals surface area contributed by atoms with Crippen LogP contribution in [-0.4, -0.2) is 41.2 Å². The summed E-state index contributed by atoms with van der Waals surface area (Å²) < 4.78 is 5.22. The Morgan fingerprint density at radius 1 is 1.47 bits per heavy atom. The number of methoxy groups -OCH3 is 1. The maximum absolute atomic E-state index is 5.49. The minimum absolute atomic E-state index is 0.239. The van der Waals surface area contributed by atoms with Crippen LogP contribution < -0.4 is 15.0 Å². The van der Waals surface area contributed by atoms with Crippen molar-refractivity contribution in [1.82, 2.24) is 4.98 Å². The van der Waals surface area contributed by atoms with Crippen molar-refractivity contribution in [2.24, 2.45) is 0 Å². The molecule has 0 aliphatic carbocycles. The quantitative estimate of drug-likeness (QED) is 0.861. The van der Waals surface area contributed by atoms with E-state index in [-0.39, 0.29) is 5.54 Å². The van der Waals surface area contributed by atoms with Gasteiger partial charge in [-0.15, -0.1) is 0 Å². The summed E-state index contributed by atoms with van der Waals surface area (Å²) in [6, 6.07) is 3.81. The van der Waals surface area contributed by atoms with Crippen LogP contribution in [0.1, 0.15) is 13.8 Å². The summed E-state index contributed by atoms with van der Waals surface area (Å²) in [6.07, 6.45) is 2.10. The molecule has 0 saturated heterocycles. The molecule has 0 fully saturated rings. The lowest BCUT2D eigenvalue weighted by molar-refractivity contribution is 0.397. The van der Waals surface area contributed by atoms with E-state index in [2.05, 4.69) is 35.3 Å². The van der Waals surface area contributed by atoms with Crippen molar-refractivity contribution in [2.45, 2.75) is 19.4 Å². The zero-order valence-corrected chi connectivity index (χ0v) is 13.3. The fraction of sp³-hybridized carbons (Fsp3) is 0.538. The van der Waals surface area contributed by atoms with Gasteiger partial charge in [-0.25, -0.2) is 0 Å². The summed E-state index contributed by atoms with van der Waals surface area (Å²) in [5.41, 5.74) is 0.712. The highest BCUT2D eigenvalue weighted by Crippen LogP contribution is 2.37. The molecule has 0 radical (unpaired) electrons. The number of pyridine rings is 1. The molecular formula is C13H19N3OS2. The van der Waals surface area contributed by atoms with E-state index in [9.17, 15) is 0 Å². The zero-order valence-electron chi connectivity index (χ0n) is 11.7. The Labute approximate surface area is 123 Å². The van der Waals surface area contributed by atoms with Gasteiger partial charge in [0.05, 0.1) is 18.3 Å². The molecule has 104 valence electrons. The van der Waals surface area contributed by atoms with Crippen LogP contribution >= 0.6 is 24.0 Å². The van der Waals surface area contributed by atoms with E-state index in [1.165, 1.54) is 0 Å². The number of anilines is 2. The van der Waals surface area contributed by atoms with E-state index < -0.39 is 0 Å². The van der Waals surface area contributed by atoms with E-state index in [1.54, 1.807) is 7.11 Å². The standard InChI is InChI=1S/C13H19N3OS2/c1-13(2)12(18)14-9-5-6-10(17-3)15-11(9)16(13)7-8-19-4/h5-6H,7-8H2,1-4H3,(H,14,18). The van der Waals surface area contributed by atoms with Gasteiger partial charge < -0.3 is 15.0 Å². The van der Waals surface area contributed by atoms with Gasteiger partial charge in [0.1, 0.15) is 4.99 Å². The molecule has 2 heterocycles. The van der Waals surface area contributed by atoms with Crippen molar-refractivity contribution in [3.63, 3.8) is 0 Å². The van der Waals surface area contributed by atoms with Gasteiger partial charge in [0.15, 0.2) is 5.82 Å². The Morgan fingerprint density at radius 3 is 2.84 bits per heavy atom. The van der Waals surface area contributed by atoms with Gasteiger partial charge >= 0.3 is 0 Å². The summed E-state index contributed by atoms with van der Waals surface area (Å²) in [5, 5.41) is 3.27. The average molecular weight is 297 g/mol. The van der Waals surface area contributed by atoms with Crippen LogP contribution in [0.25, 0.3) is 0 Å². The van der Waals surface area contributed by atoms with E-state index >= 15 is 0 Å². The highest BCUT2D eigenvalue weighted by Gasteiger charge is 2.38. The predicted octanol–water partition coefficient (Wildman–Crippen LogP) is 2.79. The first kappa shape index (κ1) is 14.4. The van der Waals surface area contributed by atoms with Gasteiger partial charge in [0.25, 0.3) is 0 Å². The minimum atomic E-state index is -0.239. The third-order valence-electron chi connectivity index (χ3n) is 3.31. The molecule has 0 amide bonds. The van der Waals surface area contributed by atoms with Crippen LogP contribution in [0.2, 0.25) is 0 Å². The number of ether oxygens (including phenoxy) is 1. The smallest absolute Gasteiger partial charge is 0.215 e. The largest absolute Gasteiger partial charge is 0.481 e. The number of thioether (sulfide) groups is 1. The number of hydrogen-bond acceptors (Lipinski definition) is 5. The Kier molecular flexibility index (Phi) is 4.20. The van der Waals surface area contributed by atoms with Crippen LogP contribution in [0, 0.1) is 0 Å². The second kappa shape index (κ2) is 5.54. The van der Waals surface area contributed by atoms with Crippen LogP contribution in [0.5, 0.6) is 5.88 Å². The monoisotopic (exact) mass is 297 g/mol. The normalized spacial score (nSPS) is 16.8. The highest BCUT2D eigenvalue weighted by atomic mass is 32.2. The van der Waals surface area contributed by atoms with Crippen molar-refractivity contribution in [3.05, 3.63) is 12.1 Å². The number of nitrogens with zero attached hydrogens (tertiary/aromatic N) is 2. The summed E-state index contributed by atoms with van der Waals surface area (Å²) in [7, 11) is 1.63. The molecule has 6 heteroatoms. The van der Waals surface area contributed by atoms with Crippen LogP contribution in [0.3, 0.4) is 0 Å². The van der Waals surface area contributed by atoms with Gasteiger partial charge in [0.2, 0.25) is 5.88 Å². The number of fused-ring (bicyclic) bond motifs is 1. The molecule has 0 unspecified atom stereocenters. The molecule has 1 aliphatic rings. The summed E-state index contributed by atoms with van der Waals surface area (Å²) >= 11 is 7.31. The third kappa shape index (κ3) is 2.65. The summed E-state index contributed by atoms with van der Waals surface area (Å²) in [6.45, 7) is 5.14. The first-order chi connectivity index (χ1) is 9.00. The number of thiocarbonyl (C=S) groups is 1. The second-order valence-corrected chi connectivity index (χ2v) is 6.28. The lowest BCUT2D eigenvalue weighted by Crippen LogP contribution is -2.56. The lowest BCUT2D eigenvalue weighted by Gasteiger charge is -2.44. The van der Waals surface area contributed by atoms with Crippen molar-refractivity contribution < 1.29 is 4.74 Å². The van der Waals surface area contributed by atoms with Crippen molar-refractivity contribution in [1.29, 1.82) is 0 Å². The Hall–Kier alpha value is -1.01. The number of aromatic nitrogens is 1. The summed E-state index contributed by atoms with van der Waals surface area (Å²) in [4.78, 5) is 7.65.